The standard InChI is InChI=1S/C22H22N4O4/c27-20-13-18(17-3-1-2-4-19(17)25-20)22(29)24-16-7-5-15(6-8-16)23-21(28)14-26-9-11-30-12-10-26/h1-8,13H,9-12,14H2,(H,23,28)(H,24,29)(H,25,27). The first-order chi connectivity index (χ1) is 14.6. The Balaban J connectivity index is 1.40. The summed E-state index contributed by atoms with van der Waals surface area (Å²) >= 11 is 0. The topological polar surface area (TPSA) is 104 Å². The molecule has 0 saturated carbocycles. The highest BCUT2D eigenvalue weighted by Crippen LogP contribution is 2.18. The van der Waals surface area contributed by atoms with Crippen LogP contribution in [0.15, 0.2) is 59.4 Å². The Morgan fingerprint density at radius 3 is 2.37 bits per heavy atom. The Morgan fingerprint density at radius 1 is 0.967 bits per heavy atom. The highest BCUT2D eigenvalue weighted by atomic mass is 16.5. The molecule has 0 bridgehead atoms. The van der Waals surface area contributed by atoms with Gasteiger partial charge in [0.1, 0.15) is 0 Å². The molecule has 154 valence electrons. The summed E-state index contributed by atoms with van der Waals surface area (Å²) in [5.41, 5.74) is 1.78. The zero-order valence-electron chi connectivity index (χ0n) is 16.3. The van der Waals surface area contributed by atoms with Gasteiger partial charge in [0.05, 0.1) is 25.3 Å². The van der Waals surface area contributed by atoms with Gasteiger partial charge in [0, 0.05) is 41.4 Å². The maximum atomic E-state index is 12.7. The van der Waals surface area contributed by atoms with Crippen molar-refractivity contribution < 1.29 is 14.3 Å². The largest absolute Gasteiger partial charge is 0.379 e. The molecule has 0 aliphatic carbocycles. The quantitative estimate of drug-likeness (QED) is 0.602. The number of H-pyrrole nitrogens is 1. The van der Waals surface area contributed by atoms with Crippen LogP contribution in [0.5, 0.6) is 0 Å². The lowest BCUT2D eigenvalue weighted by Crippen LogP contribution is -2.41. The molecule has 0 spiro atoms. The molecular weight excluding hydrogens is 384 g/mol. The average Bonchev–Trinajstić information content (AvgIpc) is 2.75. The van der Waals surface area contributed by atoms with E-state index in [-0.39, 0.29) is 17.4 Å². The summed E-state index contributed by atoms with van der Waals surface area (Å²) in [6, 6.07) is 15.3. The van der Waals surface area contributed by atoms with E-state index in [4.69, 9.17) is 4.74 Å². The molecule has 1 aliphatic rings. The van der Waals surface area contributed by atoms with Crippen molar-refractivity contribution in [1.29, 1.82) is 0 Å². The molecule has 4 rings (SSSR count). The second-order valence-electron chi connectivity index (χ2n) is 7.06. The number of fused-ring (bicyclic) bond motifs is 1. The molecule has 30 heavy (non-hydrogen) atoms. The van der Waals surface area contributed by atoms with E-state index in [0.29, 0.717) is 47.6 Å². The number of hydrogen-bond donors (Lipinski definition) is 3. The summed E-state index contributed by atoms with van der Waals surface area (Å²) in [6.07, 6.45) is 0. The number of morpholine rings is 1. The van der Waals surface area contributed by atoms with Crippen LogP contribution in [-0.2, 0) is 9.53 Å². The molecule has 8 heteroatoms. The van der Waals surface area contributed by atoms with Crippen LogP contribution in [-0.4, -0.2) is 54.5 Å². The molecule has 2 aromatic carbocycles. The van der Waals surface area contributed by atoms with Crippen LogP contribution in [0.1, 0.15) is 10.4 Å². The fourth-order valence-corrected chi connectivity index (χ4v) is 3.39. The summed E-state index contributed by atoms with van der Waals surface area (Å²) in [5.74, 6) is -0.468. The number of carbonyl (C=O) groups is 2. The van der Waals surface area contributed by atoms with E-state index in [1.54, 1.807) is 42.5 Å². The van der Waals surface area contributed by atoms with Crippen LogP contribution in [0.25, 0.3) is 10.9 Å². The minimum Gasteiger partial charge on any atom is -0.379 e. The van der Waals surface area contributed by atoms with E-state index in [2.05, 4.69) is 15.6 Å². The lowest BCUT2D eigenvalue weighted by Gasteiger charge is -2.25. The van der Waals surface area contributed by atoms with Crippen molar-refractivity contribution in [1.82, 2.24) is 9.88 Å². The summed E-state index contributed by atoms with van der Waals surface area (Å²) in [5, 5.41) is 6.32. The Morgan fingerprint density at radius 2 is 1.63 bits per heavy atom. The zero-order chi connectivity index (χ0) is 20.9. The van der Waals surface area contributed by atoms with Crippen LogP contribution in [0.2, 0.25) is 0 Å². The van der Waals surface area contributed by atoms with Gasteiger partial charge in [0.15, 0.2) is 0 Å². The Labute approximate surface area is 172 Å². The lowest BCUT2D eigenvalue weighted by molar-refractivity contribution is -0.118. The molecule has 1 fully saturated rings. The summed E-state index contributed by atoms with van der Waals surface area (Å²) < 4.78 is 5.28. The highest BCUT2D eigenvalue weighted by molar-refractivity contribution is 6.12. The number of carbonyl (C=O) groups excluding carboxylic acids is 2. The van der Waals surface area contributed by atoms with E-state index >= 15 is 0 Å². The van der Waals surface area contributed by atoms with Crippen LogP contribution in [0.4, 0.5) is 11.4 Å². The van der Waals surface area contributed by atoms with Crippen LogP contribution in [0.3, 0.4) is 0 Å². The van der Waals surface area contributed by atoms with Gasteiger partial charge in [-0.1, -0.05) is 18.2 Å². The number of pyridine rings is 1. The number of ether oxygens (including phenoxy) is 1. The van der Waals surface area contributed by atoms with Crippen molar-refractivity contribution >= 4 is 34.1 Å². The Bertz CT molecular complexity index is 1120. The van der Waals surface area contributed by atoms with Gasteiger partial charge in [-0.15, -0.1) is 0 Å². The summed E-state index contributed by atoms with van der Waals surface area (Å²) in [4.78, 5) is 41.5. The Hall–Kier alpha value is -3.49. The molecule has 2 heterocycles. The van der Waals surface area contributed by atoms with E-state index in [9.17, 15) is 14.4 Å². The second-order valence-corrected chi connectivity index (χ2v) is 7.06. The number of anilines is 2. The van der Waals surface area contributed by atoms with Crippen LogP contribution in [0, 0.1) is 0 Å². The first kappa shape index (κ1) is 19.8. The first-order valence-corrected chi connectivity index (χ1v) is 9.72. The lowest BCUT2D eigenvalue weighted by atomic mass is 10.1. The number of aromatic amines is 1. The van der Waals surface area contributed by atoms with Gasteiger partial charge in [-0.05, 0) is 30.3 Å². The fourth-order valence-electron chi connectivity index (χ4n) is 3.39. The van der Waals surface area contributed by atoms with Crippen LogP contribution >= 0.6 is 0 Å². The van der Waals surface area contributed by atoms with Crippen molar-refractivity contribution in [2.24, 2.45) is 0 Å². The van der Waals surface area contributed by atoms with Crippen molar-refractivity contribution in [3.8, 4) is 0 Å². The van der Waals surface area contributed by atoms with Crippen molar-refractivity contribution in [3.63, 3.8) is 0 Å². The number of para-hydroxylation sites is 1. The van der Waals surface area contributed by atoms with Crippen molar-refractivity contribution in [2.45, 2.75) is 0 Å². The molecule has 2 amide bonds. The number of benzene rings is 2. The number of hydrogen-bond acceptors (Lipinski definition) is 5. The maximum Gasteiger partial charge on any atom is 0.256 e. The minimum absolute atomic E-state index is 0.0938. The smallest absolute Gasteiger partial charge is 0.256 e. The minimum atomic E-state index is -0.374. The normalized spacial score (nSPS) is 14.4. The van der Waals surface area contributed by atoms with Crippen molar-refractivity contribution in [2.75, 3.05) is 43.5 Å². The number of nitrogens with zero attached hydrogens (tertiary/aromatic N) is 1. The molecule has 0 atom stereocenters. The molecule has 3 aromatic rings. The van der Waals surface area contributed by atoms with E-state index < -0.39 is 0 Å². The number of rotatable bonds is 5. The molecule has 1 aliphatic heterocycles. The Kier molecular flexibility index (Phi) is 5.87. The highest BCUT2D eigenvalue weighted by Gasteiger charge is 2.15. The van der Waals surface area contributed by atoms with Gasteiger partial charge in [-0.3, -0.25) is 19.3 Å². The molecule has 3 N–H and O–H groups in total. The van der Waals surface area contributed by atoms with Gasteiger partial charge in [0.2, 0.25) is 11.5 Å². The van der Waals surface area contributed by atoms with Crippen LogP contribution < -0.4 is 16.2 Å². The zero-order valence-corrected chi connectivity index (χ0v) is 16.3. The third-order valence-electron chi connectivity index (χ3n) is 4.89. The average molecular weight is 406 g/mol. The number of nitrogens with one attached hydrogen (secondary N) is 3. The van der Waals surface area contributed by atoms with Gasteiger partial charge < -0.3 is 20.4 Å². The number of aromatic nitrogens is 1. The first-order valence-electron chi connectivity index (χ1n) is 9.72. The van der Waals surface area contributed by atoms with Gasteiger partial charge in [-0.2, -0.15) is 0 Å². The fraction of sp³-hybridized carbons (Fsp3) is 0.227. The van der Waals surface area contributed by atoms with Crippen molar-refractivity contribution in [3.05, 3.63) is 70.5 Å². The van der Waals surface area contributed by atoms with E-state index in [1.165, 1.54) is 6.07 Å². The third kappa shape index (κ3) is 4.73. The second kappa shape index (κ2) is 8.89. The predicted octanol–water partition coefficient (Wildman–Crippen LogP) is 2.05. The predicted molar refractivity (Wildman–Crippen MR) is 115 cm³/mol. The molecule has 0 radical (unpaired) electrons. The number of amides is 2. The molecule has 1 aromatic heterocycles. The molecule has 1 saturated heterocycles. The van der Waals surface area contributed by atoms with Gasteiger partial charge in [0.25, 0.3) is 5.91 Å². The van der Waals surface area contributed by atoms with E-state index in [1.807, 2.05) is 11.0 Å². The molecule has 0 unspecified atom stereocenters. The van der Waals surface area contributed by atoms with Gasteiger partial charge >= 0.3 is 0 Å². The van der Waals surface area contributed by atoms with Gasteiger partial charge in [-0.25, -0.2) is 0 Å². The maximum absolute atomic E-state index is 12.7. The van der Waals surface area contributed by atoms with E-state index in [0.717, 1.165) is 13.1 Å². The summed E-state index contributed by atoms with van der Waals surface area (Å²) in [6.45, 7) is 3.09. The summed E-state index contributed by atoms with van der Waals surface area (Å²) in [7, 11) is 0. The monoisotopic (exact) mass is 406 g/mol. The molecular formula is C22H22N4O4. The molecule has 8 nitrogen and oxygen atoms in total. The SMILES string of the molecule is O=C(CN1CCOCC1)Nc1ccc(NC(=O)c2cc(=O)[nH]c3ccccc23)cc1. The third-order valence-corrected chi connectivity index (χ3v) is 4.89.